The van der Waals surface area contributed by atoms with Crippen molar-refractivity contribution in [3.05, 3.63) is 63.5 Å². The highest BCUT2D eigenvalue weighted by Gasteiger charge is 2.31. The Morgan fingerprint density at radius 2 is 1.78 bits per heavy atom. The maximum Gasteiger partial charge on any atom is 0.417 e. The smallest absolute Gasteiger partial charge is 0.417 e. The number of halogens is 4. The van der Waals surface area contributed by atoms with Gasteiger partial charge in [0, 0.05) is 17.3 Å². The van der Waals surface area contributed by atoms with Crippen molar-refractivity contribution >= 4 is 17.4 Å². The summed E-state index contributed by atoms with van der Waals surface area (Å²) in [6, 6.07) is 7.68. The maximum absolute atomic E-state index is 12.6. The standard InChI is InChI=1S/C15H11ClF3NO3/c16-11-2-4-13(5-3-11)23-9-12(21)8-20-7-10(15(17,18)19)1-6-14(20)22/h1-7H,8-9H2. The molecule has 0 bridgehead atoms. The number of ketones is 1. The molecule has 2 rings (SSSR count). The first-order valence-electron chi connectivity index (χ1n) is 6.43. The van der Waals surface area contributed by atoms with Gasteiger partial charge in [0.2, 0.25) is 0 Å². The Hall–Kier alpha value is -2.28. The molecule has 122 valence electrons. The zero-order chi connectivity index (χ0) is 17.0. The van der Waals surface area contributed by atoms with Crippen LogP contribution in [0.1, 0.15) is 5.56 Å². The molecule has 0 N–H and O–H groups in total. The second kappa shape index (κ2) is 6.87. The summed E-state index contributed by atoms with van der Waals surface area (Å²) in [6.45, 7) is -0.874. The molecule has 0 aliphatic carbocycles. The van der Waals surface area contributed by atoms with Crippen molar-refractivity contribution in [2.24, 2.45) is 0 Å². The summed E-state index contributed by atoms with van der Waals surface area (Å²) < 4.78 is 43.7. The van der Waals surface area contributed by atoms with Gasteiger partial charge in [-0.05, 0) is 30.3 Å². The van der Waals surface area contributed by atoms with Crippen LogP contribution in [0.25, 0.3) is 0 Å². The number of nitrogens with zero attached hydrogens (tertiary/aromatic N) is 1. The number of carbonyl (C=O) groups excluding carboxylic acids is 1. The molecule has 0 unspecified atom stereocenters. The fourth-order valence-electron chi connectivity index (χ4n) is 1.75. The van der Waals surface area contributed by atoms with E-state index in [2.05, 4.69) is 0 Å². The second-order valence-electron chi connectivity index (χ2n) is 4.66. The van der Waals surface area contributed by atoms with Crippen LogP contribution in [-0.4, -0.2) is 17.0 Å². The van der Waals surface area contributed by atoms with E-state index in [4.69, 9.17) is 16.3 Å². The van der Waals surface area contributed by atoms with Gasteiger partial charge >= 0.3 is 6.18 Å². The number of hydrogen-bond donors (Lipinski definition) is 0. The van der Waals surface area contributed by atoms with E-state index >= 15 is 0 Å². The molecule has 0 fully saturated rings. The zero-order valence-corrected chi connectivity index (χ0v) is 12.4. The summed E-state index contributed by atoms with van der Waals surface area (Å²) in [7, 11) is 0. The van der Waals surface area contributed by atoms with Crippen LogP contribution >= 0.6 is 11.6 Å². The van der Waals surface area contributed by atoms with Crippen LogP contribution in [0.3, 0.4) is 0 Å². The summed E-state index contributed by atoms with van der Waals surface area (Å²) in [6.07, 6.45) is -3.97. The first kappa shape index (κ1) is 17.1. The van der Waals surface area contributed by atoms with Gasteiger partial charge in [-0.2, -0.15) is 13.2 Å². The average molecular weight is 346 g/mol. The molecule has 0 atom stereocenters. The van der Waals surface area contributed by atoms with Gasteiger partial charge < -0.3 is 9.30 Å². The van der Waals surface area contributed by atoms with Gasteiger partial charge in [-0.1, -0.05) is 11.6 Å². The normalized spacial score (nSPS) is 11.3. The molecule has 0 radical (unpaired) electrons. The van der Waals surface area contributed by atoms with E-state index in [-0.39, 0.29) is 6.61 Å². The number of Topliss-reactive ketones (excluding diaryl/α,β-unsaturated/α-hetero) is 1. The SMILES string of the molecule is O=C(COc1ccc(Cl)cc1)Cn1cc(C(F)(F)F)ccc1=O. The number of hydrogen-bond acceptors (Lipinski definition) is 3. The topological polar surface area (TPSA) is 48.3 Å². The third-order valence-electron chi connectivity index (χ3n) is 2.87. The summed E-state index contributed by atoms with van der Waals surface area (Å²) >= 11 is 5.70. The van der Waals surface area contributed by atoms with Crippen LogP contribution < -0.4 is 10.3 Å². The third-order valence-corrected chi connectivity index (χ3v) is 3.12. The molecule has 0 aliphatic rings. The Balaban J connectivity index is 2.02. The van der Waals surface area contributed by atoms with Crippen LogP contribution in [0.15, 0.2) is 47.4 Å². The number of aromatic nitrogens is 1. The van der Waals surface area contributed by atoms with Crippen molar-refractivity contribution in [3.63, 3.8) is 0 Å². The Bertz CT molecular complexity index is 754. The Kier molecular flexibility index (Phi) is 5.10. The van der Waals surface area contributed by atoms with E-state index in [0.717, 1.165) is 6.07 Å². The van der Waals surface area contributed by atoms with E-state index in [0.29, 0.717) is 27.6 Å². The molecule has 2 aromatic rings. The van der Waals surface area contributed by atoms with Crippen molar-refractivity contribution in [2.45, 2.75) is 12.7 Å². The van der Waals surface area contributed by atoms with Crippen molar-refractivity contribution in [1.29, 1.82) is 0 Å². The second-order valence-corrected chi connectivity index (χ2v) is 5.10. The van der Waals surface area contributed by atoms with Gasteiger partial charge in [-0.3, -0.25) is 9.59 Å². The quantitative estimate of drug-likeness (QED) is 0.836. The van der Waals surface area contributed by atoms with Gasteiger partial charge in [-0.15, -0.1) is 0 Å². The molecular formula is C15H11ClF3NO3. The lowest BCUT2D eigenvalue weighted by Crippen LogP contribution is -2.27. The van der Waals surface area contributed by atoms with E-state index in [1.54, 1.807) is 24.3 Å². The highest BCUT2D eigenvalue weighted by molar-refractivity contribution is 6.30. The van der Waals surface area contributed by atoms with Crippen molar-refractivity contribution in [3.8, 4) is 5.75 Å². The lowest BCUT2D eigenvalue weighted by Gasteiger charge is -2.10. The van der Waals surface area contributed by atoms with Gasteiger partial charge in [-0.25, -0.2) is 0 Å². The molecule has 0 aliphatic heterocycles. The van der Waals surface area contributed by atoms with Gasteiger partial charge in [0.1, 0.15) is 12.4 Å². The molecule has 8 heteroatoms. The van der Waals surface area contributed by atoms with Gasteiger partial charge in [0.25, 0.3) is 5.56 Å². The predicted octanol–water partition coefficient (Wildman–Crippen LogP) is 3.17. The molecule has 1 aromatic heterocycles. The molecule has 0 saturated carbocycles. The summed E-state index contributed by atoms with van der Waals surface area (Å²) in [5, 5.41) is 0.499. The van der Waals surface area contributed by atoms with Crippen molar-refractivity contribution in [1.82, 2.24) is 4.57 Å². The Morgan fingerprint density at radius 1 is 1.13 bits per heavy atom. The first-order chi connectivity index (χ1) is 10.8. The first-order valence-corrected chi connectivity index (χ1v) is 6.81. The minimum atomic E-state index is -4.59. The summed E-state index contributed by atoms with van der Waals surface area (Å²) in [4.78, 5) is 23.3. The molecule has 0 amide bonds. The van der Waals surface area contributed by atoms with Crippen LogP contribution in [0.2, 0.25) is 5.02 Å². The number of rotatable bonds is 5. The zero-order valence-electron chi connectivity index (χ0n) is 11.6. The molecule has 0 saturated heterocycles. The molecule has 0 spiro atoms. The van der Waals surface area contributed by atoms with Gasteiger partial charge in [0.05, 0.1) is 12.1 Å². The fraction of sp³-hybridized carbons (Fsp3) is 0.200. The van der Waals surface area contributed by atoms with Gasteiger partial charge in [0.15, 0.2) is 5.78 Å². The van der Waals surface area contributed by atoms with Crippen LogP contribution in [0, 0.1) is 0 Å². The Morgan fingerprint density at radius 3 is 2.39 bits per heavy atom. The number of pyridine rings is 1. The van der Waals surface area contributed by atoms with E-state index < -0.39 is 29.6 Å². The molecule has 1 aromatic carbocycles. The minimum absolute atomic E-state index is 0.371. The lowest BCUT2D eigenvalue weighted by atomic mass is 10.2. The average Bonchev–Trinajstić information content (AvgIpc) is 2.48. The highest BCUT2D eigenvalue weighted by Crippen LogP contribution is 2.28. The fourth-order valence-corrected chi connectivity index (χ4v) is 1.88. The van der Waals surface area contributed by atoms with Crippen LogP contribution in [0.4, 0.5) is 13.2 Å². The summed E-state index contributed by atoms with van der Waals surface area (Å²) in [5.41, 5.74) is -1.69. The minimum Gasteiger partial charge on any atom is -0.486 e. The largest absolute Gasteiger partial charge is 0.486 e. The Labute approximate surface area is 134 Å². The highest BCUT2D eigenvalue weighted by atomic mass is 35.5. The summed E-state index contributed by atoms with van der Waals surface area (Å²) in [5.74, 6) is -0.152. The van der Waals surface area contributed by atoms with Crippen LogP contribution in [0.5, 0.6) is 5.75 Å². The molecular weight excluding hydrogens is 335 g/mol. The third kappa shape index (κ3) is 4.85. The van der Waals surface area contributed by atoms with Crippen molar-refractivity contribution in [2.75, 3.05) is 6.61 Å². The molecule has 4 nitrogen and oxygen atoms in total. The van der Waals surface area contributed by atoms with Crippen molar-refractivity contribution < 1.29 is 22.7 Å². The van der Waals surface area contributed by atoms with Crippen LogP contribution in [-0.2, 0) is 17.5 Å². The molecule has 1 heterocycles. The lowest BCUT2D eigenvalue weighted by molar-refractivity contribution is -0.138. The number of carbonyl (C=O) groups is 1. The number of benzene rings is 1. The number of ether oxygens (including phenoxy) is 1. The van der Waals surface area contributed by atoms with E-state index in [9.17, 15) is 22.8 Å². The maximum atomic E-state index is 12.6. The van der Waals surface area contributed by atoms with E-state index in [1.807, 2.05) is 0 Å². The predicted molar refractivity (Wildman–Crippen MR) is 77.7 cm³/mol. The molecule has 23 heavy (non-hydrogen) atoms. The number of alkyl halides is 3. The monoisotopic (exact) mass is 345 g/mol. The van der Waals surface area contributed by atoms with E-state index in [1.165, 1.54) is 0 Å².